The van der Waals surface area contributed by atoms with E-state index in [1.165, 1.54) is 41.3 Å². The number of ether oxygens (including phenoxy) is 1. The van der Waals surface area contributed by atoms with Gasteiger partial charge in [-0.15, -0.1) is 23.3 Å². The van der Waals surface area contributed by atoms with Gasteiger partial charge in [0.15, 0.2) is 11.9 Å². The summed E-state index contributed by atoms with van der Waals surface area (Å²) in [4.78, 5) is 4.31. The first-order valence-corrected chi connectivity index (χ1v) is 12.5. The number of amidine groups is 1. The Labute approximate surface area is 218 Å². The van der Waals surface area contributed by atoms with E-state index in [0.717, 1.165) is 33.4 Å². The van der Waals surface area contributed by atoms with E-state index in [2.05, 4.69) is 19.4 Å². The van der Waals surface area contributed by atoms with Crippen LogP contribution in [-0.4, -0.2) is 48.0 Å². The van der Waals surface area contributed by atoms with E-state index >= 15 is 0 Å². The van der Waals surface area contributed by atoms with Crippen LogP contribution in [0.1, 0.15) is 24.1 Å². The number of benzene rings is 3. The summed E-state index contributed by atoms with van der Waals surface area (Å²) in [6, 6.07) is 17.6. The molecule has 0 aliphatic carbocycles. The Bertz CT molecular complexity index is 1560. The Morgan fingerprint density at radius 1 is 1.08 bits per heavy atom. The molecule has 7 nitrogen and oxygen atoms in total. The highest BCUT2D eigenvalue weighted by atomic mass is 32.2. The van der Waals surface area contributed by atoms with Crippen molar-refractivity contribution in [2.75, 3.05) is 5.88 Å². The molecule has 6 rings (SSSR count). The Morgan fingerprint density at radius 3 is 2.53 bits per heavy atom. The van der Waals surface area contributed by atoms with Gasteiger partial charge in [-0.1, -0.05) is 29.4 Å². The predicted octanol–water partition coefficient (Wildman–Crippen LogP) is 6.09. The van der Waals surface area contributed by atoms with Crippen molar-refractivity contribution in [3.05, 3.63) is 90.0 Å². The van der Waals surface area contributed by atoms with Gasteiger partial charge in [-0.3, -0.25) is 0 Å². The largest absolute Gasteiger partial charge is 0.573 e. The molecule has 0 spiro atoms. The SMILES string of the molecule is CC1c2cc(F)ccc2[N+]2=C(SC2)N1N=Cc1ccc(-c2ncn(-c3ccc(OC(F)(F)F)cc3)n2)cc1. The van der Waals surface area contributed by atoms with Gasteiger partial charge in [0.25, 0.3) is 0 Å². The molecule has 0 saturated carbocycles. The molecule has 0 radical (unpaired) electrons. The summed E-state index contributed by atoms with van der Waals surface area (Å²) in [5.41, 5.74) is 4.08. The first kappa shape index (κ1) is 24.2. The summed E-state index contributed by atoms with van der Waals surface area (Å²) in [6.07, 6.45) is -1.50. The molecule has 0 amide bonds. The van der Waals surface area contributed by atoms with Crippen LogP contribution in [0.2, 0.25) is 0 Å². The number of nitrogens with zero attached hydrogens (tertiary/aromatic N) is 6. The second-order valence-electron chi connectivity index (χ2n) is 8.63. The number of alkyl halides is 3. The van der Waals surface area contributed by atoms with Crippen LogP contribution in [-0.2, 0) is 0 Å². The number of hydrogen-bond donors (Lipinski definition) is 0. The molecule has 1 atom stereocenters. The van der Waals surface area contributed by atoms with Crippen molar-refractivity contribution >= 4 is 28.8 Å². The molecule has 4 aromatic rings. The number of hydrogen-bond acceptors (Lipinski definition) is 6. The van der Waals surface area contributed by atoms with Gasteiger partial charge in [-0.05, 0) is 55.0 Å². The van der Waals surface area contributed by atoms with Crippen molar-refractivity contribution in [2.45, 2.75) is 19.3 Å². The summed E-state index contributed by atoms with van der Waals surface area (Å²) >= 11 is 1.69. The normalized spacial score (nSPS) is 16.9. The number of fused-ring (bicyclic) bond motifs is 2. The second kappa shape index (κ2) is 9.28. The standard InChI is InChI=1S/C26H19F4N6OS/c1-16-22-12-19(27)6-11-23(22)34-15-38-25(34)36(16)32-13-17-2-4-18(5-3-17)24-31-14-35(33-24)20-7-9-21(10-8-20)37-26(28,29)30/h2-14,16H,15H2,1H3/q+1. The third-order valence-corrected chi connectivity index (χ3v) is 7.23. The Balaban J connectivity index is 1.17. The molecule has 38 heavy (non-hydrogen) atoms. The molecule has 0 N–H and O–H groups in total. The number of thioether (sulfide) groups is 1. The number of halogens is 4. The van der Waals surface area contributed by atoms with Gasteiger partial charge in [-0.2, -0.15) is 0 Å². The zero-order chi connectivity index (χ0) is 26.4. The van der Waals surface area contributed by atoms with Crippen LogP contribution >= 0.6 is 11.8 Å². The quantitative estimate of drug-likeness (QED) is 0.175. The molecular weight excluding hydrogens is 520 g/mol. The molecule has 3 heterocycles. The Morgan fingerprint density at radius 2 is 1.84 bits per heavy atom. The van der Waals surface area contributed by atoms with E-state index in [9.17, 15) is 17.6 Å². The van der Waals surface area contributed by atoms with E-state index in [-0.39, 0.29) is 17.6 Å². The van der Waals surface area contributed by atoms with Gasteiger partial charge in [0.05, 0.1) is 11.9 Å². The zero-order valence-electron chi connectivity index (χ0n) is 19.8. The van der Waals surface area contributed by atoms with Gasteiger partial charge >= 0.3 is 11.5 Å². The molecule has 0 fully saturated rings. The minimum absolute atomic E-state index is 0.113. The van der Waals surface area contributed by atoms with Crippen LogP contribution in [0, 0.1) is 5.82 Å². The summed E-state index contributed by atoms with van der Waals surface area (Å²) < 4.78 is 58.5. The lowest BCUT2D eigenvalue weighted by Crippen LogP contribution is -2.43. The maximum Gasteiger partial charge on any atom is 0.573 e. The lowest BCUT2D eigenvalue weighted by Gasteiger charge is -2.32. The minimum atomic E-state index is -4.75. The maximum atomic E-state index is 13.9. The first-order chi connectivity index (χ1) is 18.2. The van der Waals surface area contributed by atoms with Gasteiger partial charge in [-0.25, -0.2) is 18.6 Å². The molecule has 0 saturated heterocycles. The van der Waals surface area contributed by atoms with E-state index in [4.69, 9.17) is 5.10 Å². The Hall–Kier alpha value is -4.19. The lowest BCUT2D eigenvalue weighted by atomic mass is 10.0. The van der Waals surface area contributed by atoms with E-state index < -0.39 is 6.36 Å². The maximum absolute atomic E-state index is 13.9. The summed E-state index contributed by atoms with van der Waals surface area (Å²) in [7, 11) is 0. The van der Waals surface area contributed by atoms with E-state index in [1.807, 2.05) is 42.3 Å². The van der Waals surface area contributed by atoms with Crippen molar-refractivity contribution in [3.8, 4) is 22.8 Å². The highest BCUT2D eigenvalue weighted by Gasteiger charge is 2.44. The second-order valence-corrected chi connectivity index (χ2v) is 9.54. The molecule has 1 aromatic heterocycles. The highest BCUT2D eigenvalue weighted by Crippen LogP contribution is 2.42. The lowest BCUT2D eigenvalue weighted by molar-refractivity contribution is -0.434. The topological polar surface area (TPSA) is 58.5 Å². The molecule has 0 bridgehead atoms. The van der Waals surface area contributed by atoms with Crippen molar-refractivity contribution < 1.29 is 26.9 Å². The summed E-state index contributed by atoms with van der Waals surface area (Å²) in [5.74, 6) is 0.683. The number of aromatic nitrogens is 3. The van der Waals surface area contributed by atoms with Gasteiger partial charge < -0.3 is 4.74 Å². The van der Waals surface area contributed by atoms with Gasteiger partial charge in [0, 0.05) is 22.9 Å². The minimum Gasteiger partial charge on any atom is -0.406 e. The molecule has 192 valence electrons. The fourth-order valence-corrected chi connectivity index (χ4v) is 5.22. The van der Waals surface area contributed by atoms with Crippen LogP contribution in [0.15, 0.2) is 78.2 Å². The van der Waals surface area contributed by atoms with Crippen LogP contribution in [0.5, 0.6) is 5.75 Å². The molecule has 12 heteroatoms. The molecule has 1 unspecified atom stereocenters. The first-order valence-electron chi connectivity index (χ1n) is 11.5. The molecular formula is C26H19F4N6OS+. The third-order valence-electron chi connectivity index (χ3n) is 6.17. The van der Waals surface area contributed by atoms with Crippen molar-refractivity contribution in [2.24, 2.45) is 5.10 Å². The highest BCUT2D eigenvalue weighted by molar-refractivity contribution is 8.14. The van der Waals surface area contributed by atoms with E-state index in [0.29, 0.717) is 11.5 Å². The summed E-state index contributed by atoms with van der Waals surface area (Å²) in [6.45, 7) is 2.00. The van der Waals surface area contributed by atoms with Crippen LogP contribution in [0.4, 0.5) is 23.2 Å². The van der Waals surface area contributed by atoms with Gasteiger partial charge in [0.2, 0.25) is 0 Å². The average Bonchev–Trinajstić information content (AvgIpc) is 3.36. The molecule has 3 aromatic carbocycles. The fraction of sp³-hybridized carbons (Fsp3) is 0.154. The van der Waals surface area contributed by atoms with Gasteiger partial charge in [0.1, 0.15) is 29.5 Å². The van der Waals surface area contributed by atoms with Crippen molar-refractivity contribution in [1.82, 2.24) is 19.8 Å². The van der Waals surface area contributed by atoms with Crippen molar-refractivity contribution in [3.63, 3.8) is 0 Å². The Kier molecular flexibility index (Phi) is 5.90. The molecule has 2 aliphatic rings. The fourth-order valence-electron chi connectivity index (χ4n) is 4.27. The zero-order valence-corrected chi connectivity index (χ0v) is 20.6. The van der Waals surface area contributed by atoms with Crippen LogP contribution in [0.3, 0.4) is 0 Å². The number of hydrazone groups is 1. The smallest absolute Gasteiger partial charge is 0.406 e. The summed E-state index contributed by atoms with van der Waals surface area (Å²) in [5, 5.41) is 12.0. The number of rotatable bonds is 5. The van der Waals surface area contributed by atoms with Crippen molar-refractivity contribution in [1.29, 1.82) is 0 Å². The third kappa shape index (κ3) is 4.62. The monoisotopic (exact) mass is 539 g/mol. The average molecular weight is 540 g/mol. The predicted molar refractivity (Wildman–Crippen MR) is 135 cm³/mol. The van der Waals surface area contributed by atoms with Crippen LogP contribution < -0.4 is 4.74 Å². The van der Waals surface area contributed by atoms with Crippen LogP contribution in [0.25, 0.3) is 17.1 Å². The van der Waals surface area contributed by atoms with E-state index in [1.54, 1.807) is 24.0 Å². The molecule has 2 aliphatic heterocycles.